The van der Waals surface area contributed by atoms with Crippen LogP contribution in [0, 0.1) is 0 Å². The van der Waals surface area contributed by atoms with Gasteiger partial charge in [0.2, 0.25) is 0 Å². The van der Waals surface area contributed by atoms with Crippen molar-refractivity contribution in [2.45, 2.75) is 43.0 Å². The lowest BCUT2D eigenvalue weighted by Crippen LogP contribution is -2.37. The molecule has 2 aliphatic heterocycles. The lowest BCUT2D eigenvalue weighted by Gasteiger charge is -2.35. The summed E-state index contributed by atoms with van der Waals surface area (Å²) in [4.78, 5) is 15.9. The average molecular weight is 333 g/mol. The summed E-state index contributed by atoms with van der Waals surface area (Å²) in [6.45, 7) is 0.899. The number of nitrogens with zero attached hydrogens (tertiary/aromatic N) is 4. The molecule has 0 radical (unpaired) electrons. The average Bonchev–Trinajstić information content (AvgIpc) is 2.82. The first-order chi connectivity index (χ1) is 10.7. The Balaban J connectivity index is 1.60. The lowest BCUT2D eigenvalue weighted by atomic mass is 9.97. The minimum absolute atomic E-state index is 0.431. The Bertz CT molecular complexity index is 691. The Hall–Kier alpha value is -1.17. The highest BCUT2D eigenvalue weighted by atomic mass is 35.5. The number of aromatic nitrogens is 3. The SMILES string of the molecule is CSc1ncc(CN2C3CCC2c2cc(Cl)cnc2C3)cn1. The highest BCUT2D eigenvalue weighted by Gasteiger charge is 2.40. The van der Waals surface area contributed by atoms with Crippen LogP contribution in [0.25, 0.3) is 0 Å². The number of thioether (sulfide) groups is 1. The van der Waals surface area contributed by atoms with Gasteiger partial charge in [-0.15, -0.1) is 0 Å². The fourth-order valence-electron chi connectivity index (χ4n) is 3.64. The summed E-state index contributed by atoms with van der Waals surface area (Å²) in [5, 5.41) is 1.56. The van der Waals surface area contributed by atoms with Gasteiger partial charge < -0.3 is 0 Å². The molecule has 0 N–H and O–H groups in total. The van der Waals surface area contributed by atoms with Crippen LogP contribution in [0.3, 0.4) is 0 Å². The fourth-order valence-corrected chi connectivity index (χ4v) is 4.12. The van der Waals surface area contributed by atoms with Crippen LogP contribution in [-0.4, -0.2) is 32.1 Å². The Morgan fingerprint density at radius 2 is 2.05 bits per heavy atom. The summed E-state index contributed by atoms with van der Waals surface area (Å²) in [6, 6.07) is 3.10. The first-order valence-electron chi connectivity index (χ1n) is 7.49. The smallest absolute Gasteiger partial charge is 0.187 e. The Kier molecular flexibility index (Phi) is 3.80. The summed E-state index contributed by atoms with van der Waals surface area (Å²) in [5.41, 5.74) is 3.71. The van der Waals surface area contributed by atoms with E-state index < -0.39 is 0 Å². The van der Waals surface area contributed by atoms with Crippen LogP contribution >= 0.6 is 23.4 Å². The molecule has 0 aromatic carbocycles. The van der Waals surface area contributed by atoms with E-state index in [-0.39, 0.29) is 0 Å². The fraction of sp³-hybridized carbons (Fsp3) is 0.438. The van der Waals surface area contributed by atoms with Gasteiger partial charge in [-0.1, -0.05) is 23.4 Å². The van der Waals surface area contributed by atoms with Gasteiger partial charge in [0.15, 0.2) is 5.16 Å². The van der Waals surface area contributed by atoms with Crippen molar-refractivity contribution in [3.8, 4) is 0 Å². The monoisotopic (exact) mass is 332 g/mol. The van der Waals surface area contributed by atoms with Crippen molar-refractivity contribution in [1.29, 1.82) is 0 Å². The van der Waals surface area contributed by atoms with E-state index in [2.05, 4.69) is 25.9 Å². The zero-order valence-corrected chi connectivity index (χ0v) is 13.9. The molecule has 0 amide bonds. The van der Waals surface area contributed by atoms with Gasteiger partial charge in [0.05, 0.1) is 5.02 Å². The van der Waals surface area contributed by atoms with Crippen LogP contribution < -0.4 is 0 Å². The second-order valence-corrected chi connectivity index (χ2v) is 7.10. The first kappa shape index (κ1) is 14.4. The zero-order valence-electron chi connectivity index (χ0n) is 12.4. The Morgan fingerprint density at radius 1 is 1.23 bits per heavy atom. The van der Waals surface area contributed by atoms with E-state index in [1.165, 1.54) is 29.7 Å². The van der Waals surface area contributed by atoms with E-state index in [1.807, 2.05) is 18.6 Å². The second-order valence-electron chi connectivity index (χ2n) is 5.89. The highest BCUT2D eigenvalue weighted by Crippen LogP contribution is 2.44. The van der Waals surface area contributed by atoms with Crippen LogP contribution in [0.1, 0.15) is 35.7 Å². The van der Waals surface area contributed by atoms with Crippen LogP contribution in [0.4, 0.5) is 0 Å². The van der Waals surface area contributed by atoms with Crippen molar-refractivity contribution < 1.29 is 0 Å². The molecule has 2 aliphatic rings. The minimum Gasteiger partial charge on any atom is -0.289 e. The molecule has 0 aliphatic carbocycles. The molecule has 1 saturated heterocycles. The maximum absolute atomic E-state index is 6.15. The molecular weight excluding hydrogens is 316 g/mol. The third kappa shape index (κ3) is 2.51. The number of halogens is 1. The van der Waals surface area contributed by atoms with Gasteiger partial charge >= 0.3 is 0 Å². The topological polar surface area (TPSA) is 41.9 Å². The summed E-state index contributed by atoms with van der Waals surface area (Å²) < 4.78 is 0. The molecular formula is C16H17ClN4S. The predicted molar refractivity (Wildman–Crippen MR) is 88.1 cm³/mol. The van der Waals surface area contributed by atoms with Crippen LogP contribution in [-0.2, 0) is 13.0 Å². The zero-order chi connectivity index (χ0) is 15.1. The number of hydrogen-bond donors (Lipinski definition) is 0. The largest absolute Gasteiger partial charge is 0.289 e. The van der Waals surface area contributed by atoms with Crippen LogP contribution in [0.2, 0.25) is 5.02 Å². The third-order valence-electron chi connectivity index (χ3n) is 4.63. The van der Waals surface area contributed by atoms with Gasteiger partial charge in [-0.3, -0.25) is 9.88 Å². The highest BCUT2D eigenvalue weighted by molar-refractivity contribution is 7.98. The summed E-state index contributed by atoms with van der Waals surface area (Å²) >= 11 is 7.72. The molecule has 2 aromatic rings. The number of rotatable bonds is 3. The van der Waals surface area contributed by atoms with Crippen LogP contribution in [0.5, 0.6) is 0 Å². The third-order valence-corrected chi connectivity index (χ3v) is 5.41. The van der Waals surface area contributed by atoms with Crippen molar-refractivity contribution in [3.63, 3.8) is 0 Å². The molecule has 114 valence electrons. The van der Waals surface area contributed by atoms with Gasteiger partial charge in [0, 0.05) is 54.9 Å². The summed E-state index contributed by atoms with van der Waals surface area (Å²) in [5.74, 6) is 0. The molecule has 22 heavy (non-hydrogen) atoms. The molecule has 2 unspecified atom stereocenters. The van der Waals surface area contributed by atoms with Crippen molar-refractivity contribution in [3.05, 3.63) is 46.5 Å². The van der Waals surface area contributed by atoms with E-state index in [0.29, 0.717) is 12.1 Å². The molecule has 6 heteroatoms. The quantitative estimate of drug-likeness (QED) is 0.635. The van der Waals surface area contributed by atoms with Crippen molar-refractivity contribution in [2.24, 2.45) is 0 Å². The molecule has 0 spiro atoms. The molecule has 2 bridgehead atoms. The normalized spacial score (nSPS) is 23.5. The van der Waals surface area contributed by atoms with Crippen molar-refractivity contribution >= 4 is 23.4 Å². The molecule has 0 saturated carbocycles. The molecule has 4 nitrogen and oxygen atoms in total. The second kappa shape index (κ2) is 5.80. The number of pyridine rings is 1. The maximum atomic E-state index is 6.15. The standard InChI is InChI=1S/C16H17ClN4S/c1-22-16-19-6-10(7-20-16)9-21-12-2-3-15(21)13-4-11(17)8-18-14(13)5-12/h4,6-8,12,15H,2-3,5,9H2,1H3. The summed E-state index contributed by atoms with van der Waals surface area (Å²) in [7, 11) is 0. The summed E-state index contributed by atoms with van der Waals surface area (Å²) in [6.07, 6.45) is 11.1. The molecule has 2 atom stereocenters. The van der Waals surface area contributed by atoms with E-state index in [9.17, 15) is 0 Å². The minimum atomic E-state index is 0.431. The van der Waals surface area contributed by atoms with Gasteiger partial charge in [0.1, 0.15) is 0 Å². The van der Waals surface area contributed by atoms with Gasteiger partial charge in [-0.25, -0.2) is 9.97 Å². The maximum Gasteiger partial charge on any atom is 0.187 e. The van der Waals surface area contributed by atoms with Gasteiger partial charge in [-0.05, 0) is 30.7 Å². The van der Waals surface area contributed by atoms with Gasteiger partial charge in [0.25, 0.3) is 0 Å². The Labute approximate surface area is 139 Å². The van der Waals surface area contributed by atoms with E-state index in [1.54, 1.807) is 18.0 Å². The predicted octanol–water partition coefficient (Wildman–Crippen LogP) is 3.51. The van der Waals surface area contributed by atoms with Crippen molar-refractivity contribution in [2.75, 3.05) is 6.26 Å². The Morgan fingerprint density at radius 3 is 2.82 bits per heavy atom. The number of hydrogen-bond acceptors (Lipinski definition) is 5. The molecule has 2 aromatic heterocycles. The lowest BCUT2D eigenvalue weighted by molar-refractivity contribution is 0.166. The van der Waals surface area contributed by atoms with E-state index >= 15 is 0 Å². The first-order valence-corrected chi connectivity index (χ1v) is 9.10. The molecule has 4 rings (SSSR count). The van der Waals surface area contributed by atoms with E-state index in [4.69, 9.17) is 11.6 Å². The van der Waals surface area contributed by atoms with E-state index in [0.717, 1.165) is 23.1 Å². The molecule has 1 fully saturated rings. The molecule has 4 heterocycles. The van der Waals surface area contributed by atoms with Gasteiger partial charge in [-0.2, -0.15) is 0 Å². The van der Waals surface area contributed by atoms with Crippen LogP contribution in [0.15, 0.2) is 29.8 Å². The number of fused-ring (bicyclic) bond motifs is 4. The van der Waals surface area contributed by atoms with Crippen molar-refractivity contribution in [1.82, 2.24) is 19.9 Å².